The van der Waals surface area contributed by atoms with E-state index in [1.807, 2.05) is 39.0 Å². The second-order valence-corrected chi connectivity index (χ2v) is 8.18. The highest BCUT2D eigenvalue weighted by Crippen LogP contribution is 2.34. The van der Waals surface area contributed by atoms with Crippen LogP contribution in [-0.2, 0) is 15.6 Å². The van der Waals surface area contributed by atoms with E-state index in [4.69, 9.17) is 4.74 Å². The molecule has 1 amide bonds. The topological polar surface area (TPSA) is 84.1 Å². The average Bonchev–Trinajstić information content (AvgIpc) is 2.66. The first-order valence-corrected chi connectivity index (χ1v) is 9.34. The van der Waals surface area contributed by atoms with Crippen molar-refractivity contribution in [1.29, 1.82) is 0 Å². The van der Waals surface area contributed by atoms with E-state index in [9.17, 15) is 9.59 Å². The summed E-state index contributed by atoms with van der Waals surface area (Å²) in [5.41, 5.74) is 1.10. The lowest BCUT2D eigenvalue weighted by molar-refractivity contribution is 0.0486. The van der Waals surface area contributed by atoms with Crippen molar-refractivity contribution in [3.8, 4) is 0 Å². The Kier molecular flexibility index (Phi) is 5.46. The zero-order valence-electron chi connectivity index (χ0n) is 16.2. The number of ether oxygens (including phenoxy) is 1. The van der Waals surface area contributed by atoms with Crippen LogP contribution in [0.5, 0.6) is 0 Å². The first-order chi connectivity index (χ1) is 12.8. The molecule has 1 fully saturated rings. The predicted molar refractivity (Wildman–Crippen MR) is 104 cm³/mol. The van der Waals surface area contributed by atoms with Crippen molar-refractivity contribution in [2.75, 3.05) is 19.8 Å². The smallest absolute Gasteiger partial charge is 0.345 e. The largest absolute Gasteiger partial charge is 0.381 e. The highest BCUT2D eigenvalue weighted by atomic mass is 16.5. The van der Waals surface area contributed by atoms with E-state index in [1.165, 1.54) is 5.56 Å². The Labute approximate surface area is 159 Å². The lowest BCUT2D eigenvalue weighted by atomic mass is 9.74. The molecule has 2 heterocycles. The van der Waals surface area contributed by atoms with Crippen molar-refractivity contribution in [2.24, 2.45) is 0 Å². The van der Waals surface area contributed by atoms with E-state index >= 15 is 0 Å². The Balaban J connectivity index is 1.81. The van der Waals surface area contributed by atoms with E-state index < -0.39 is 5.69 Å². The van der Waals surface area contributed by atoms with E-state index in [-0.39, 0.29) is 22.4 Å². The number of aromatic nitrogens is 2. The Morgan fingerprint density at radius 2 is 1.89 bits per heavy atom. The van der Waals surface area contributed by atoms with Crippen LogP contribution in [0, 0.1) is 0 Å². The molecule has 0 saturated carbocycles. The van der Waals surface area contributed by atoms with Crippen molar-refractivity contribution in [3.63, 3.8) is 0 Å². The van der Waals surface area contributed by atoms with E-state index in [0.29, 0.717) is 25.5 Å². The molecule has 6 nitrogen and oxygen atoms in total. The van der Waals surface area contributed by atoms with Crippen molar-refractivity contribution < 1.29 is 9.53 Å². The molecule has 0 spiro atoms. The van der Waals surface area contributed by atoms with Gasteiger partial charge < -0.3 is 15.0 Å². The van der Waals surface area contributed by atoms with Gasteiger partial charge in [-0.05, 0) is 24.5 Å². The second-order valence-electron chi connectivity index (χ2n) is 8.18. The van der Waals surface area contributed by atoms with Gasteiger partial charge in [0.1, 0.15) is 5.69 Å². The average molecular weight is 369 g/mol. The number of carbonyl (C=O) groups excluding carboxylic acids is 1. The molecular weight excluding hydrogens is 342 g/mol. The summed E-state index contributed by atoms with van der Waals surface area (Å²) in [5.74, 6) is -0.326. The normalized spacial score (nSPS) is 16.7. The Morgan fingerprint density at radius 3 is 2.52 bits per heavy atom. The third kappa shape index (κ3) is 4.45. The first-order valence-electron chi connectivity index (χ1n) is 9.34. The molecule has 2 N–H and O–H groups in total. The van der Waals surface area contributed by atoms with Crippen LogP contribution in [0.3, 0.4) is 0 Å². The maximum atomic E-state index is 12.7. The molecule has 1 saturated heterocycles. The minimum atomic E-state index is -0.503. The van der Waals surface area contributed by atoms with Gasteiger partial charge in [0.15, 0.2) is 0 Å². The molecular formula is C21H27N3O3. The number of rotatable bonds is 4. The number of nitrogens with one attached hydrogen (secondary N) is 2. The molecule has 1 aromatic heterocycles. The molecule has 3 rings (SSSR count). The third-order valence-electron chi connectivity index (χ3n) is 5.21. The van der Waals surface area contributed by atoms with E-state index in [1.54, 1.807) is 6.07 Å². The summed E-state index contributed by atoms with van der Waals surface area (Å²) < 4.78 is 5.54. The summed E-state index contributed by atoms with van der Waals surface area (Å²) in [4.78, 5) is 31.2. The van der Waals surface area contributed by atoms with Gasteiger partial charge in [-0.2, -0.15) is 4.98 Å². The van der Waals surface area contributed by atoms with Crippen LogP contribution in [0.25, 0.3) is 0 Å². The van der Waals surface area contributed by atoms with Gasteiger partial charge >= 0.3 is 5.69 Å². The van der Waals surface area contributed by atoms with E-state index in [0.717, 1.165) is 12.8 Å². The van der Waals surface area contributed by atoms with Crippen LogP contribution in [-0.4, -0.2) is 35.6 Å². The summed E-state index contributed by atoms with van der Waals surface area (Å²) >= 11 is 0. The van der Waals surface area contributed by atoms with Gasteiger partial charge in [-0.3, -0.25) is 4.79 Å². The summed E-state index contributed by atoms with van der Waals surface area (Å²) in [5, 5.41) is 3.00. The van der Waals surface area contributed by atoms with Gasteiger partial charge in [0, 0.05) is 36.3 Å². The molecule has 1 aliphatic rings. The number of hydrogen-bond acceptors (Lipinski definition) is 4. The van der Waals surface area contributed by atoms with Crippen LogP contribution in [0.1, 0.15) is 55.4 Å². The Morgan fingerprint density at radius 1 is 1.22 bits per heavy atom. The maximum Gasteiger partial charge on any atom is 0.345 e. The molecule has 2 aromatic rings. The van der Waals surface area contributed by atoms with Crippen LogP contribution >= 0.6 is 0 Å². The standard InChI is InChI=1S/C21H27N3O3/c1-20(2,3)17-13-16(23-19(26)24-17)18(25)22-14-21(9-11-27-12-10-21)15-7-5-4-6-8-15/h4-8,13H,9-12,14H2,1-3H3,(H,22,25)(H,23,24,26). The number of nitrogens with zero attached hydrogens (tertiary/aromatic N) is 1. The lowest BCUT2D eigenvalue weighted by Crippen LogP contribution is -2.45. The van der Waals surface area contributed by atoms with Gasteiger partial charge in [-0.25, -0.2) is 4.79 Å². The lowest BCUT2D eigenvalue weighted by Gasteiger charge is -2.38. The number of H-pyrrole nitrogens is 1. The first kappa shape index (κ1) is 19.3. The zero-order chi connectivity index (χ0) is 19.5. The number of aromatic amines is 1. The molecule has 6 heteroatoms. The fourth-order valence-electron chi connectivity index (χ4n) is 3.44. The minimum Gasteiger partial charge on any atom is -0.381 e. The fraction of sp³-hybridized carbons (Fsp3) is 0.476. The molecule has 1 aliphatic heterocycles. The maximum absolute atomic E-state index is 12.7. The summed E-state index contributed by atoms with van der Waals surface area (Å²) in [6, 6.07) is 11.9. The molecule has 27 heavy (non-hydrogen) atoms. The van der Waals surface area contributed by atoms with Crippen molar-refractivity contribution in [2.45, 2.75) is 44.4 Å². The number of hydrogen-bond donors (Lipinski definition) is 2. The monoisotopic (exact) mass is 369 g/mol. The number of carbonyl (C=O) groups is 1. The molecule has 0 atom stereocenters. The molecule has 144 valence electrons. The van der Waals surface area contributed by atoms with Crippen LogP contribution in [0.15, 0.2) is 41.2 Å². The zero-order valence-corrected chi connectivity index (χ0v) is 16.2. The van der Waals surface area contributed by atoms with Gasteiger partial charge in [-0.1, -0.05) is 51.1 Å². The fourth-order valence-corrected chi connectivity index (χ4v) is 3.44. The summed E-state index contributed by atoms with van der Waals surface area (Å²) in [7, 11) is 0. The summed E-state index contributed by atoms with van der Waals surface area (Å²) in [6.45, 7) is 7.76. The number of benzene rings is 1. The highest BCUT2D eigenvalue weighted by Gasteiger charge is 2.35. The van der Waals surface area contributed by atoms with Crippen molar-refractivity contribution in [3.05, 3.63) is 63.8 Å². The number of amides is 1. The van der Waals surface area contributed by atoms with Gasteiger partial charge in [0.2, 0.25) is 0 Å². The highest BCUT2D eigenvalue weighted by molar-refractivity contribution is 5.92. The molecule has 1 aromatic carbocycles. The van der Waals surface area contributed by atoms with Gasteiger partial charge in [-0.15, -0.1) is 0 Å². The Hall–Kier alpha value is -2.47. The second kappa shape index (κ2) is 7.64. The third-order valence-corrected chi connectivity index (χ3v) is 5.21. The minimum absolute atomic E-state index is 0.152. The summed E-state index contributed by atoms with van der Waals surface area (Å²) in [6.07, 6.45) is 1.68. The van der Waals surface area contributed by atoms with Crippen LogP contribution in [0.2, 0.25) is 0 Å². The van der Waals surface area contributed by atoms with Crippen molar-refractivity contribution in [1.82, 2.24) is 15.3 Å². The van der Waals surface area contributed by atoms with Crippen LogP contribution < -0.4 is 11.0 Å². The van der Waals surface area contributed by atoms with Crippen LogP contribution in [0.4, 0.5) is 0 Å². The predicted octanol–water partition coefficient (Wildman–Crippen LogP) is 2.55. The van der Waals surface area contributed by atoms with Gasteiger partial charge in [0.25, 0.3) is 5.91 Å². The Bertz CT molecular complexity index is 847. The molecule has 0 unspecified atom stereocenters. The quantitative estimate of drug-likeness (QED) is 0.867. The molecule has 0 bridgehead atoms. The SMILES string of the molecule is CC(C)(C)c1cc(C(=O)NCC2(c3ccccc3)CCOCC2)nc(=O)[nH]1. The molecule has 0 radical (unpaired) electrons. The van der Waals surface area contributed by atoms with E-state index in [2.05, 4.69) is 27.4 Å². The van der Waals surface area contributed by atoms with Gasteiger partial charge in [0.05, 0.1) is 0 Å². The molecule has 0 aliphatic carbocycles. The van der Waals surface area contributed by atoms with Crippen molar-refractivity contribution >= 4 is 5.91 Å².